The van der Waals surface area contributed by atoms with Gasteiger partial charge in [0.1, 0.15) is 5.82 Å². The molecule has 0 radical (unpaired) electrons. The molecule has 9 heteroatoms. The quantitative estimate of drug-likeness (QED) is 0.892. The number of nitrogens with zero attached hydrogens (tertiary/aromatic N) is 4. The van der Waals surface area contributed by atoms with Gasteiger partial charge in [-0.2, -0.15) is 17.0 Å². The largest absolute Gasteiger partial charge is 0.368 e. The van der Waals surface area contributed by atoms with Crippen LogP contribution in [0.4, 0.5) is 10.3 Å². The number of hydrogen-bond acceptors (Lipinski definition) is 5. The summed E-state index contributed by atoms with van der Waals surface area (Å²) in [5.41, 5.74) is 7.66. The number of halogens is 1. The molecule has 2 aromatic rings. The molecule has 1 fully saturated rings. The first-order chi connectivity index (χ1) is 11.8. The first-order valence-corrected chi connectivity index (χ1v) is 9.28. The summed E-state index contributed by atoms with van der Waals surface area (Å²) in [5.74, 6) is -0.269. The molecule has 1 aliphatic rings. The second kappa shape index (κ2) is 6.66. The second-order valence-electron chi connectivity index (χ2n) is 6.09. The van der Waals surface area contributed by atoms with Crippen molar-refractivity contribution in [2.24, 2.45) is 0 Å². The van der Waals surface area contributed by atoms with Crippen molar-refractivity contribution < 1.29 is 12.8 Å². The lowest BCUT2D eigenvalue weighted by molar-refractivity contribution is 0.358. The van der Waals surface area contributed by atoms with Crippen molar-refractivity contribution in [2.75, 3.05) is 26.4 Å². The summed E-state index contributed by atoms with van der Waals surface area (Å²) in [4.78, 5) is 8.35. The predicted octanol–water partition coefficient (Wildman–Crippen LogP) is 1.81. The van der Waals surface area contributed by atoms with Crippen molar-refractivity contribution in [2.45, 2.75) is 18.9 Å². The molecule has 0 bridgehead atoms. The SMILES string of the molecule is CN(C)S(=O)(=O)N1CCC[C@H]1c1nc(N)ncc1-c1ccc(F)cc1. The van der Waals surface area contributed by atoms with Crippen LogP contribution < -0.4 is 5.73 Å². The molecule has 0 spiro atoms. The average molecular weight is 365 g/mol. The molecule has 1 aliphatic heterocycles. The number of nitrogens with two attached hydrogens (primary N) is 1. The van der Waals surface area contributed by atoms with Crippen molar-refractivity contribution >= 4 is 16.2 Å². The van der Waals surface area contributed by atoms with Gasteiger partial charge in [-0.25, -0.2) is 14.4 Å². The average Bonchev–Trinajstić information content (AvgIpc) is 3.06. The Bertz CT molecular complexity index is 871. The Balaban J connectivity index is 2.10. The lowest BCUT2D eigenvalue weighted by Crippen LogP contribution is -2.39. The number of nitrogen functional groups attached to an aromatic ring is 1. The highest BCUT2D eigenvalue weighted by molar-refractivity contribution is 7.86. The van der Waals surface area contributed by atoms with Gasteiger partial charge in [-0.3, -0.25) is 0 Å². The van der Waals surface area contributed by atoms with Gasteiger partial charge >= 0.3 is 0 Å². The van der Waals surface area contributed by atoms with Gasteiger partial charge in [-0.05, 0) is 30.5 Å². The molecule has 1 aromatic heterocycles. The molecule has 2 N–H and O–H groups in total. The van der Waals surface area contributed by atoms with Crippen molar-refractivity contribution in [3.8, 4) is 11.1 Å². The highest BCUT2D eigenvalue weighted by Crippen LogP contribution is 2.38. The van der Waals surface area contributed by atoms with E-state index in [1.54, 1.807) is 18.3 Å². The third kappa shape index (κ3) is 3.35. The van der Waals surface area contributed by atoms with Gasteiger partial charge in [0.25, 0.3) is 10.2 Å². The van der Waals surface area contributed by atoms with E-state index in [2.05, 4.69) is 9.97 Å². The Kier molecular flexibility index (Phi) is 4.72. The summed E-state index contributed by atoms with van der Waals surface area (Å²) in [6.45, 7) is 0.415. The summed E-state index contributed by atoms with van der Waals surface area (Å²) in [7, 11) is -0.587. The van der Waals surface area contributed by atoms with Gasteiger partial charge < -0.3 is 5.73 Å². The van der Waals surface area contributed by atoms with Gasteiger partial charge in [-0.1, -0.05) is 12.1 Å². The molecule has 2 heterocycles. The lowest BCUT2D eigenvalue weighted by atomic mass is 10.0. The number of hydrogen-bond donors (Lipinski definition) is 1. The topological polar surface area (TPSA) is 92.4 Å². The third-order valence-corrected chi connectivity index (χ3v) is 6.22. The van der Waals surface area contributed by atoms with Crippen LogP contribution in [-0.2, 0) is 10.2 Å². The Labute approximate surface area is 146 Å². The number of rotatable bonds is 4. The molecule has 1 saturated heterocycles. The van der Waals surface area contributed by atoms with Crippen molar-refractivity contribution in [1.82, 2.24) is 18.6 Å². The molecule has 0 amide bonds. The maximum atomic E-state index is 13.2. The minimum atomic E-state index is -3.59. The minimum Gasteiger partial charge on any atom is -0.368 e. The Morgan fingerprint density at radius 1 is 1.28 bits per heavy atom. The predicted molar refractivity (Wildman–Crippen MR) is 93.1 cm³/mol. The molecular formula is C16H20FN5O2S. The minimum absolute atomic E-state index is 0.0787. The summed E-state index contributed by atoms with van der Waals surface area (Å²) < 4.78 is 41.1. The monoisotopic (exact) mass is 365 g/mol. The van der Waals surface area contributed by atoms with Crippen LogP contribution in [0.1, 0.15) is 24.6 Å². The summed E-state index contributed by atoms with van der Waals surface area (Å²) in [6.07, 6.45) is 2.92. The summed E-state index contributed by atoms with van der Waals surface area (Å²) in [6, 6.07) is 5.50. The fourth-order valence-electron chi connectivity index (χ4n) is 3.01. The Hall–Kier alpha value is -2.10. The van der Waals surface area contributed by atoms with Crippen molar-refractivity contribution in [3.63, 3.8) is 0 Å². The zero-order valence-corrected chi connectivity index (χ0v) is 14.9. The number of benzene rings is 1. The van der Waals surface area contributed by atoms with Gasteiger partial charge in [0.2, 0.25) is 5.95 Å². The van der Waals surface area contributed by atoms with E-state index in [9.17, 15) is 12.8 Å². The normalized spacial score (nSPS) is 18.8. The van der Waals surface area contributed by atoms with E-state index in [0.29, 0.717) is 29.8 Å². The maximum absolute atomic E-state index is 13.2. The second-order valence-corrected chi connectivity index (χ2v) is 8.19. The first-order valence-electron chi connectivity index (χ1n) is 7.88. The molecule has 1 atom stereocenters. The molecule has 0 unspecified atom stereocenters. The summed E-state index contributed by atoms with van der Waals surface area (Å²) >= 11 is 0. The van der Waals surface area contributed by atoms with Crippen LogP contribution in [0.25, 0.3) is 11.1 Å². The molecule has 0 saturated carbocycles. The van der Waals surface area contributed by atoms with Gasteiger partial charge in [-0.15, -0.1) is 0 Å². The van der Waals surface area contributed by atoms with E-state index < -0.39 is 16.3 Å². The molecule has 0 aliphatic carbocycles. The van der Waals surface area contributed by atoms with E-state index in [1.807, 2.05) is 0 Å². The fourth-order valence-corrected chi connectivity index (χ4v) is 4.32. The standard InChI is InChI=1S/C16H20FN5O2S/c1-21(2)25(23,24)22-9-3-4-14(22)15-13(10-19-16(18)20-15)11-5-7-12(17)8-6-11/h5-8,10,14H,3-4,9H2,1-2H3,(H2,18,19,20)/t14-/m0/s1. The van der Waals surface area contributed by atoms with Gasteiger partial charge in [0.05, 0.1) is 11.7 Å². The molecule has 1 aromatic carbocycles. The molecule has 7 nitrogen and oxygen atoms in total. The van der Waals surface area contributed by atoms with Crippen LogP contribution in [0.5, 0.6) is 0 Å². The van der Waals surface area contributed by atoms with E-state index in [0.717, 1.165) is 6.42 Å². The highest BCUT2D eigenvalue weighted by Gasteiger charge is 2.38. The van der Waals surface area contributed by atoms with Crippen LogP contribution in [0.15, 0.2) is 30.5 Å². The lowest BCUT2D eigenvalue weighted by Gasteiger charge is -2.27. The van der Waals surface area contributed by atoms with Crippen LogP contribution in [0.3, 0.4) is 0 Å². The molecule has 3 rings (SSSR count). The molecule has 25 heavy (non-hydrogen) atoms. The molecular weight excluding hydrogens is 345 g/mol. The fraction of sp³-hybridized carbons (Fsp3) is 0.375. The Morgan fingerprint density at radius 3 is 2.60 bits per heavy atom. The number of anilines is 1. The van der Waals surface area contributed by atoms with Crippen LogP contribution in [-0.4, -0.2) is 47.6 Å². The first kappa shape index (κ1) is 17.7. The zero-order valence-electron chi connectivity index (χ0n) is 14.1. The van der Waals surface area contributed by atoms with Gasteiger partial charge in [0.15, 0.2) is 0 Å². The smallest absolute Gasteiger partial charge is 0.282 e. The van der Waals surface area contributed by atoms with E-state index in [-0.39, 0.29) is 11.8 Å². The Morgan fingerprint density at radius 2 is 1.96 bits per heavy atom. The van der Waals surface area contributed by atoms with Crippen molar-refractivity contribution in [3.05, 3.63) is 42.0 Å². The van der Waals surface area contributed by atoms with Gasteiger partial charge in [0, 0.05) is 32.4 Å². The van der Waals surface area contributed by atoms with E-state index in [4.69, 9.17) is 5.73 Å². The highest BCUT2D eigenvalue weighted by atomic mass is 32.2. The van der Waals surface area contributed by atoms with E-state index in [1.165, 1.54) is 34.8 Å². The molecule has 134 valence electrons. The zero-order chi connectivity index (χ0) is 18.2. The van der Waals surface area contributed by atoms with Crippen molar-refractivity contribution in [1.29, 1.82) is 0 Å². The van der Waals surface area contributed by atoms with E-state index >= 15 is 0 Å². The summed E-state index contributed by atoms with van der Waals surface area (Å²) in [5, 5.41) is 0. The maximum Gasteiger partial charge on any atom is 0.282 e. The number of aromatic nitrogens is 2. The van der Waals surface area contributed by atoms with Crippen LogP contribution in [0, 0.1) is 5.82 Å². The van der Waals surface area contributed by atoms with Crippen LogP contribution in [0.2, 0.25) is 0 Å². The third-order valence-electron chi connectivity index (χ3n) is 4.27. The van der Waals surface area contributed by atoms with Crippen LogP contribution >= 0.6 is 0 Å².